The quantitative estimate of drug-likeness (QED) is 0.278. The van der Waals surface area contributed by atoms with E-state index >= 15 is 0 Å². The molecule has 0 fully saturated rings. The van der Waals surface area contributed by atoms with Crippen molar-refractivity contribution in [1.82, 2.24) is 24.7 Å². The van der Waals surface area contributed by atoms with E-state index in [9.17, 15) is 4.79 Å². The summed E-state index contributed by atoms with van der Waals surface area (Å²) in [6, 6.07) is 20.8. The Morgan fingerprint density at radius 1 is 1.00 bits per heavy atom. The molecule has 1 unspecified atom stereocenters. The van der Waals surface area contributed by atoms with E-state index in [-0.39, 0.29) is 10.8 Å². The number of nitrogens with zero attached hydrogens (tertiary/aromatic N) is 5. The first kappa shape index (κ1) is 20.1. The zero-order valence-electron chi connectivity index (χ0n) is 17.3. The van der Waals surface area contributed by atoms with Crippen molar-refractivity contribution in [2.75, 3.05) is 0 Å². The van der Waals surface area contributed by atoms with Crippen LogP contribution in [0.5, 0.6) is 0 Å². The molecule has 0 saturated carbocycles. The van der Waals surface area contributed by atoms with Crippen molar-refractivity contribution in [1.29, 1.82) is 0 Å². The summed E-state index contributed by atoms with van der Waals surface area (Å²) in [7, 11) is 0. The first-order valence-corrected chi connectivity index (χ1v) is 11.0. The molecule has 0 N–H and O–H groups in total. The third-order valence-corrected chi connectivity index (χ3v) is 6.06. The summed E-state index contributed by atoms with van der Waals surface area (Å²) in [6.07, 6.45) is 3.46. The second kappa shape index (κ2) is 8.76. The topological polar surface area (TPSA) is 86.7 Å². The number of fused-ring (bicyclic) bond motifs is 1. The Morgan fingerprint density at radius 3 is 2.62 bits per heavy atom. The van der Waals surface area contributed by atoms with Crippen molar-refractivity contribution >= 4 is 22.7 Å². The Bertz CT molecular complexity index is 1420. The second-order valence-corrected chi connectivity index (χ2v) is 8.54. The molecule has 0 radical (unpaired) electrons. The maximum Gasteiger partial charge on any atom is 0.262 e. The third-order valence-electron chi connectivity index (χ3n) is 4.98. The Balaban J connectivity index is 1.51. The number of rotatable bonds is 6. The highest BCUT2D eigenvalue weighted by Gasteiger charge is 2.20. The largest absolute Gasteiger partial charge is 0.419 e. The number of benzene rings is 2. The molecule has 0 aliphatic carbocycles. The molecular weight excluding hydrogens is 422 g/mol. The highest BCUT2D eigenvalue weighted by molar-refractivity contribution is 7.99. The van der Waals surface area contributed by atoms with Crippen molar-refractivity contribution in [3.05, 3.63) is 101 Å². The molecule has 8 heteroatoms. The Labute approximate surface area is 188 Å². The van der Waals surface area contributed by atoms with Gasteiger partial charge in [0.25, 0.3) is 5.56 Å². The number of thioether (sulfide) groups is 1. The average molecular weight is 442 g/mol. The van der Waals surface area contributed by atoms with Crippen molar-refractivity contribution < 1.29 is 4.42 Å². The Morgan fingerprint density at radius 2 is 1.81 bits per heavy atom. The van der Waals surface area contributed by atoms with Crippen molar-refractivity contribution in [2.45, 2.75) is 23.9 Å². The lowest BCUT2D eigenvalue weighted by Gasteiger charge is -2.15. The summed E-state index contributed by atoms with van der Waals surface area (Å²) in [5.74, 6) is 0.941. The van der Waals surface area contributed by atoms with Crippen molar-refractivity contribution in [2.24, 2.45) is 0 Å². The lowest BCUT2D eigenvalue weighted by Crippen LogP contribution is -2.24. The van der Waals surface area contributed by atoms with Gasteiger partial charge in [0.2, 0.25) is 11.8 Å². The third kappa shape index (κ3) is 4.04. The van der Waals surface area contributed by atoms with E-state index < -0.39 is 0 Å². The molecule has 0 amide bonds. The van der Waals surface area contributed by atoms with Gasteiger partial charge in [-0.15, -0.1) is 10.2 Å². The zero-order chi connectivity index (χ0) is 21.9. The Hall–Kier alpha value is -3.78. The van der Waals surface area contributed by atoms with Crippen LogP contribution in [0.4, 0.5) is 0 Å². The summed E-state index contributed by atoms with van der Waals surface area (Å²) in [5.41, 5.74) is 2.35. The van der Waals surface area contributed by atoms with Gasteiger partial charge in [0.1, 0.15) is 0 Å². The van der Waals surface area contributed by atoms with Crippen LogP contribution >= 0.6 is 11.8 Å². The number of para-hydroxylation sites is 1. The first-order chi connectivity index (χ1) is 15.7. The molecule has 0 aliphatic rings. The van der Waals surface area contributed by atoms with E-state index in [4.69, 9.17) is 9.40 Å². The first-order valence-electron chi connectivity index (χ1n) is 10.1. The molecule has 2 aromatic carbocycles. The fourth-order valence-electron chi connectivity index (χ4n) is 3.36. The molecule has 5 rings (SSSR count). The molecule has 32 heavy (non-hydrogen) atoms. The molecule has 0 saturated heterocycles. The molecule has 7 nitrogen and oxygen atoms in total. The van der Waals surface area contributed by atoms with Gasteiger partial charge >= 0.3 is 0 Å². The van der Waals surface area contributed by atoms with Crippen LogP contribution in [-0.4, -0.2) is 24.7 Å². The maximum absolute atomic E-state index is 13.3. The van der Waals surface area contributed by atoms with Gasteiger partial charge in [0.05, 0.1) is 22.7 Å². The maximum atomic E-state index is 13.3. The standard InChI is InChI=1S/C24H19N5O2S/c1-16(21-27-28-22(31-21)18-9-3-2-4-10-18)32-24-26-20-12-6-5-11-19(20)23(30)29(24)15-17-8-7-13-25-14-17/h2-14,16H,15H2,1H3. The molecule has 0 aliphatic heterocycles. The van der Waals surface area contributed by atoms with Gasteiger partial charge in [-0.25, -0.2) is 4.98 Å². The van der Waals surface area contributed by atoms with Crippen LogP contribution < -0.4 is 5.56 Å². The van der Waals surface area contributed by atoms with Crippen LogP contribution in [0, 0.1) is 0 Å². The van der Waals surface area contributed by atoms with E-state index in [0.717, 1.165) is 11.1 Å². The minimum Gasteiger partial charge on any atom is -0.419 e. The average Bonchev–Trinajstić information content (AvgIpc) is 3.33. The predicted molar refractivity (Wildman–Crippen MR) is 123 cm³/mol. The molecule has 3 heterocycles. The van der Waals surface area contributed by atoms with Gasteiger partial charge in [-0.2, -0.15) is 0 Å². The van der Waals surface area contributed by atoms with Crippen LogP contribution in [0.3, 0.4) is 0 Å². The fourth-order valence-corrected chi connectivity index (χ4v) is 4.29. The Kier molecular flexibility index (Phi) is 5.51. The van der Waals surface area contributed by atoms with Crippen LogP contribution in [0.2, 0.25) is 0 Å². The highest BCUT2D eigenvalue weighted by Crippen LogP contribution is 2.34. The van der Waals surface area contributed by atoms with E-state index in [0.29, 0.717) is 34.4 Å². The number of aromatic nitrogens is 5. The van der Waals surface area contributed by atoms with Gasteiger partial charge < -0.3 is 4.42 Å². The predicted octanol–water partition coefficient (Wildman–Crippen LogP) is 4.74. The lowest BCUT2D eigenvalue weighted by molar-refractivity contribution is 0.508. The monoisotopic (exact) mass is 441 g/mol. The molecule has 0 bridgehead atoms. The minimum atomic E-state index is -0.201. The molecule has 158 valence electrons. The summed E-state index contributed by atoms with van der Waals surface area (Å²) in [6.45, 7) is 2.33. The molecular formula is C24H19N5O2S. The van der Waals surface area contributed by atoms with E-state index in [2.05, 4.69) is 15.2 Å². The smallest absolute Gasteiger partial charge is 0.262 e. The minimum absolute atomic E-state index is 0.0929. The van der Waals surface area contributed by atoms with Crippen LogP contribution in [0.25, 0.3) is 22.4 Å². The highest BCUT2D eigenvalue weighted by atomic mass is 32.2. The molecule has 5 aromatic rings. The summed E-state index contributed by atoms with van der Waals surface area (Å²) < 4.78 is 7.59. The van der Waals surface area contributed by atoms with Gasteiger partial charge in [0, 0.05) is 18.0 Å². The summed E-state index contributed by atoms with van der Waals surface area (Å²) in [5, 5.41) is 9.37. The zero-order valence-corrected chi connectivity index (χ0v) is 18.1. The van der Waals surface area contributed by atoms with Crippen LogP contribution in [0.1, 0.15) is 23.6 Å². The van der Waals surface area contributed by atoms with Crippen molar-refractivity contribution in [3.8, 4) is 11.5 Å². The van der Waals surface area contributed by atoms with Gasteiger partial charge in [-0.3, -0.25) is 14.3 Å². The van der Waals surface area contributed by atoms with Crippen LogP contribution in [-0.2, 0) is 6.54 Å². The number of hydrogen-bond donors (Lipinski definition) is 0. The normalized spacial score (nSPS) is 12.2. The SMILES string of the molecule is CC(Sc1nc2ccccc2c(=O)n1Cc1cccnc1)c1nnc(-c2ccccc2)o1. The van der Waals surface area contributed by atoms with E-state index in [1.54, 1.807) is 23.0 Å². The molecule has 1 atom stereocenters. The van der Waals surface area contributed by atoms with Gasteiger partial charge in [-0.05, 0) is 42.8 Å². The summed E-state index contributed by atoms with van der Waals surface area (Å²) >= 11 is 1.42. The molecule has 0 spiro atoms. The van der Waals surface area contributed by atoms with Crippen LogP contribution in [0.15, 0.2) is 93.5 Å². The summed E-state index contributed by atoms with van der Waals surface area (Å²) in [4.78, 5) is 22.2. The number of pyridine rings is 1. The molecule has 3 aromatic heterocycles. The van der Waals surface area contributed by atoms with Gasteiger partial charge in [0.15, 0.2) is 5.16 Å². The van der Waals surface area contributed by atoms with Gasteiger partial charge in [-0.1, -0.05) is 48.2 Å². The van der Waals surface area contributed by atoms with E-state index in [1.807, 2.05) is 67.6 Å². The lowest BCUT2D eigenvalue weighted by atomic mass is 10.2. The van der Waals surface area contributed by atoms with Crippen molar-refractivity contribution in [3.63, 3.8) is 0 Å². The second-order valence-electron chi connectivity index (χ2n) is 7.24. The number of hydrogen-bond acceptors (Lipinski definition) is 7. The fraction of sp³-hybridized carbons (Fsp3) is 0.125. The van der Waals surface area contributed by atoms with E-state index in [1.165, 1.54) is 11.8 Å².